The second kappa shape index (κ2) is 6.12. The maximum absolute atomic E-state index is 11.8. The number of nitrogens with zero attached hydrogens (tertiary/aromatic N) is 2. The minimum absolute atomic E-state index is 0.372. The van der Waals surface area contributed by atoms with Gasteiger partial charge in [-0.1, -0.05) is 6.07 Å². The second-order valence-electron chi connectivity index (χ2n) is 3.84. The van der Waals surface area contributed by atoms with Crippen LogP contribution in [0.4, 0.5) is 0 Å². The van der Waals surface area contributed by atoms with Gasteiger partial charge in [0.15, 0.2) is 0 Å². The smallest absolute Gasteiger partial charge is 0.250 e. The second-order valence-corrected chi connectivity index (χ2v) is 6.78. The maximum atomic E-state index is 11.8. The topological polar surface area (TPSA) is 64.0 Å². The predicted molar refractivity (Wildman–Crippen MR) is 71.0 cm³/mol. The number of thiophene rings is 1. The summed E-state index contributed by atoms with van der Waals surface area (Å²) >= 11 is 1.23. The average molecular weight is 285 g/mol. The Morgan fingerprint density at radius 3 is 2.94 bits per heavy atom. The van der Waals surface area contributed by atoms with Gasteiger partial charge < -0.3 is 4.57 Å². The number of hydrogen-bond donors (Lipinski definition) is 1. The van der Waals surface area contributed by atoms with Crippen molar-refractivity contribution in [3.8, 4) is 0 Å². The minimum atomic E-state index is -3.30. The Bertz CT molecular complexity index is 547. The van der Waals surface area contributed by atoms with E-state index < -0.39 is 10.0 Å². The Kier molecular flexibility index (Phi) is 4.51. The van der Waals surface area contributed by atoms with E-state index in [9.17, 15) is 8.42 Å². The van der Waals surface area contributed by atoms with E-state index in [0.29, 0.717) is 10.8 Å². The SMILES string of the molecule is O=S(=O)(NCCCCn1ccnc1)c1cccs1. The number of aromatic nitrogens is 2. The van der Waals surface area contributed by atoms with Crippen molar-refractivity contribution in [3.05, 3.63) is 36.2 Å². The van der Waals surface area contributed by atoms with Crippen molar-refractivity contribution < 1.29 is 8.42 Å². The molecule has 0 saturated heterocycles. The van der Waals surface area contributed by atoms with Crippen LogP contribution in [0.15, 0.2) is 40.4 Å². The molecule has 2 aromatic heterocycles. The molecule has 0 aromatic carbocycles. The third kappa shape index (κ3) is 3.66. The maximum Gasteiger partial charge on any atom is 0.250 e. The Balaban J connectivity index is 1.69. The standard InChI is InChI=1S/C11H15N3O2S2/c15-18(16,11-4-3-9-17-11)13-5-1-2-7-14-8-6-12-10-14/h3-4,6,8-10,13H,1-2,5,7H2. The summed E-state index contributed by atoms with van der Waals surface area (Å²) in [4.78, 5) is 3.95. The minimum Gasteiger partial charge on any atom is -0.337 e. The number of nitrogens with one attached hydrogen (secondary N) is 1. The van der Waals surface area contributed by atoms with Crippen LogP contribution >= 0.6 is 11.3 Å². The van der Waals surface area contributed by atoms with Crippen molar-refractivity contribution in [2.24, 2.45) is 0 Å². The molecule has 0 saturated carbocycles. The van der Waals surface area contributed by atoms with Gasteiger partial charge in [0.1, 0.15) is 4.21 Å². The molecule has 0 unspecified atom stereocenters. The van der Waals surface area contributed by atoms with E-state index in [4.69, 9.17) is 0 Å². The van der Waals surface area contributed by atoms with E-state index in [0.717, 1.165) is 19.4 Å². The lowest BCUT2D eigenvalue weighted by molar-refractivity contribution is 0.567. The molecule has 0 aliphatic rings. The fourth-order valence-electron chi connectivity index (χ4n) is 1.53. The average Bonchev–Trinajstić information content (AvgIpc) is 3.02. The van der Waals surface area contributed by atoms with Crippen LogP contribution in [-0.2, 0) is 16.6 Å². The van der Waals surface area contributed by atoms with Gasteiger partial charge in [-0.25, -0.2) is 18.1 Å². The summed E-state index contributed by atoms with van der Waals surface area (Å²) in [6, 6.07) is 3.34. The van der Waals surface area contributed by atoms with Crippen LogP contribution in [0.3, 0.4) is 0 Å². The fourth-order valence-corrected chi connectivity index (χ4v) is 3.64. The number of aryl methyl sites for hydroxylation is 1. The van der Waals surface area contributed by atoms with E-state index in [-0.39, 0.29) is 0 Å². The molecule has 0 atom stereocenters. The largest absolute Gasteiger partial charge is 0.337 e. The molecule has 0 radical (unpaired) electrons. The highest BCUT2D eigenvalue weighted by Crippen LogP contribution is 2.15. The van der Waals surface area contributed by atoms with Gasteiger partial charge in [0, 0.05) is 25.5 Å². The third-order valence-electron chi connectivity index (χ3n) is 2.45. The molecule has 98 valence electrons. The molecule has 0 amide bonds. The molecule has 2 rings (SSSR count). The van der Waals surface area contributed by atoms with Crippen molar-refractivity contribution in [2.75, 3.05) is 6.54 Å². The van der Waals surface area contributed by atoms with Crippen LogP contribution in [0.2, 0.25) is 0 Å². The molecule has 0 aliphatic carbocycles. The van der Waals surface area contributed by atoms with E-state index in [1.165, 1.54) is 11.3 Å². The molecule has 0 spiro atoms. The van der Waals surface area contributed by atoms with Crippen molar-refractivity contribution in [3.63, 3.8) is 0 Å². The summed E-state index contributed by atoms with van der Waals surface area (Å²) in [5.74, 6) is 0. The summed E-state index contributed by atoms with van der Waals surface area (Å²) in [5.41, 5.74) is 0. The summed E-state index contributed by atoms with van der Waals surface area (Å²) in [7, 11) is -3.30. The third-order valence-corrected chi connectivity index (χ3v) is 5.31. The Morgan fingerprint density at radius 1 is 1.39 bits per heavy atom. The predicted octanol–water partition coefficient (Wildman–Crippen LogP) is 1.70. The van der Waals surface area contributed by atoms with E-state index in [1.54, 1.807) is 30.0 Å². The van der Waals surface area contributed by atoms with Gasteiger partial charge in [-0.2, -0.15) is 0 Å². The first-order valence-corrected chi connectivity index (χ1v) is 8.04. The zero-order valence-electron chi connectivity index (χ0n) is 9.82. The molecule has 1 N–H and O–H groups in total. The molecule has 0 aliphatic heterocycles. The molecule has 7 heteroatoms. The number of rotatable bonds is 7. The van der Waals surface area contributed by atoms with Crippen LogP contribution in [0.1, 0.15) is 12.8 Å². The first-order chi connectivity index (χ1) is 8.68. The number of unbranched alkanes of at least 4 members (excludes halogenated alkanes) is 1. The van der Waals surface area contributed by atoms with Crippen LogP contribution in [0, 0.1) is 0 Å². The van der Waals surface area contributed by atoms with Gasteiger partial charge in [-0.3, -0.25) is 0 Å². The quantitative estimate of drug-likeness (QED) is 0.788. The lowest BCUT2D eigenvalue weighted by Gasteiger charge is -2.05. The van der Waals surface area contributed by atoms with E-state index in [2.05, 4.69) is 9.71 Å². The summed E-state index contributed by atoms with van der Waals surface area (Å²) in [6.45, 7) is 1.33. The molecule has 2 aromatic rings. The number of imidazole rings is 1. The lowest BCUT2D eigenvalue weighted by atomic mass is 10.3. The van der Waals surface area contributed by atoms with Crippen LogP contribution in [0.5, 0.6) is 0 Å². The first kappa shape index (κ1) is 13.3. The van der Waals surface area contributed by atoms with E-state index in [1.807, 2.05) is 10.8 Å². The highest BCUT2D eigenvalue weighted by atomic mass is 32.2. The van der Waals surface area contributed by atoms with Crippen molar-refractivity contribution in [2.45, 2.75) is 23.6 Å². The highest BCUT2D eigenvalue weighted by molar-refractivity contribution is 7.91. The molecule has 18 heavy (non-hydrogen) atoms. The molecule has 0 bridgehead atoms. The monoisotopic (exact) mass is 285 g/mol. The molecular weight excluding hydrogens is 270 g/mol. The van der Waals surface area contributed by atoms with Gasteiger partial charge in [-0.15, -0.1) is 11.3 Å². The summed E-state index contributed by atoms with van der Waals surface area (Å²) < 4.78 is 28.5. The molecule has 2 heterocycles. The first-order valence-electron chi connectivity index (χ1n) is 5.67. The van der Waals surface area contributed by atoms with Crippen molar-refractivity contribution >= 4 is 21.4 Å². The zero-order valence-corrected chi connectivity index (χ0v) is 11.5. The van der Waals surface area contributed by atoms with Crippen molar-refractivity contribution in [1.82, 2.24) is 14.3 Å². The van der Waals surface area contributed by atoms with Gasteiger partial charge in [0.05, 0.1) is 6.33 Å². The van der Waals surface area contributed by atoms with Crippen LogP contribution in [-0.4, -0.2) is 24.5 Å². The van der Waals surface area contributed by atoms with E-state index >= 15 is 0 Å². The molecular formula is C11H15N3O2S2. The van der Waals surface area contributed by atoms with Crippen LogP contribution < -0.4 is 4.72 Å². The van der Waals surface area contributed by atoms with Crippen molar-refractivity contribution in [1.29, 1.82) is 0 Å². The van der Waals surface area contributed by atoms with Gasteiger partial charge in [0.25, 0.3) is 0 Å². The molecule has 5 nitrogen and oxygen atoms in total. The Morgan fingerprint density at radius 2 is 2.28 bits per heavy atom. The lowest BCUT2D eigenvalue weighted by Crippen LogP contribution is -2.24. The number of sulfonamides is 1. The normalized spacial score (nSPS) is 11.8. The highest BCUT2D eigenvalue weighted by Gasteiger charge is 2.13. The fraction of sp³-hybridized carbons (Fsp3) is 0.364. The zero-order chi connectivity index (χ0) is 12.8. The Hall–Kier alpha value is -1.18. The summed E-state index contributed by atoms with van der Waals surface area (Å²) in [5, 5.41) is 1.76. The van der Waals surface area contributed by atoms with Gasteiger partial charge in [-0.05, 0) is 24.3 Å². The summed E-state index contributed by atoms with van der Waals surface area (Å²) in [6.07, 6.45) is 7.12. The molecule has 0 fully saturated rings. The van der Waals surface area contributed by atoms with Crippen LogP contribution in [0.25, 0.3) is 0 Å². The van der Waals surface area contributed by atoms with Gasteiger partial charge in [0.2, 0.25) is 10.0 Å². The van der Waals surface area contributed by atoms with Gasteiger partial charge >= 0.3 is 0 Å². The number of hydrogen-bond acceptors (Lipinski definition) is 4. The Labute approximate surface area is 111 Å².